The van der Waals surface area contributed by atoms with Crippen molar-refractivity contribution in [1.82, 2.24) is 5.16 Å². The van der Waals surface area contributed by atoms with Gasteiger partial charge >= 0.3 is 5.97 Å². The first kappa shape index (κ1) is 17.9. The zero-order valence-electron chi connectivity index (χ0n) is 14.4. The summed E-state index contributed by atoms with van der Waals surface area (Å²) in [4.78, 5) is 13.9. The van der Waals surface area contributed by atoms with E-state index >= 15 is 0 Å². The van der Waals surface area contributed by atoms with Crippen LogP contribution in [0.15, 0.2) is 46.3 Å². The quantitative estimate of drug-likeness (QED) is 0.560. The Morgan fingerprint density at radius 1 is 1.22 bits per heavy atom. The van der Waals surface area contributed by atoms with E-state index in [2.05, 4.69) is 5.16 Å². The highest BCUT2D eigenvalue weighted by Gasteiger charge is 2.45. The van der Waals surface area contributed by atoms with Gasteiger partial charge in [-0.05, 0) is 36.4 Å². The van der Waals surface area contributed by atoms with Gasteiger partial charge in [-0.1, -0.05) is 24.1 Å². The van der Waals surface area contributed by atoms with Gasteiger partial charge in [0.1, 0.15) is 29.4 Å². The molecule has 2 aromatic heterocycles. The van der Waals surface area contributed by atoms with E-state index in [0.29, 0.717) is 5.69 Å². The molecule has 1 fully saturated rings. The highest BCUT2D eigenvalue weighted by molar-refractivity contribution is 7.10. The number of thiophene rings is 1. The molecule has 7 heteroatoms. The van der Waals surface area contributed by atoms with Gasteiger partial charge < -0.3 is 9.26 Å². The van der Waals surface area contributed by atoms with Crippen LogP contribution in [-0.2, 0) is 21.6 Å². The van der Waals surface area contributed by atoms with Crippen LogP contribution in [0.3, 0.4) is 0 Å². The number of esters is 1. The summed E-state index contributed by atoms with van der Waals surface area (Å²) >= 11 is 1.57. The van der Waals surface area contributed by atoms with Crippen LogP contribution in [0, 0.1) is 11.6 Å². The SMILES string of the molecule is O=C(OCc1cc(-c2ccc(F)cc2F)on1)C1(c2cccs2)CCCC1. The molecule has 1 saturated carbocycles. The topological polar surface area (TPSA) is 52.3 Å². The third kappa shape index (κ3) is 3.39. The van der Waals surface area contributed by atoms with Gasteiger partial charge in [-0.3, -0.25) is 4.79 Å². The van der Waals surface area contributed by atoms with Crippen molar-refractivity contribution in [1.29, 1.82) is 0 Å². The Bertz CT molecular complexity index is 946. The molecule has 4 nitrogen and oxygen atoms in total. The highest BCUT2D eigenvalue weighted by atomic mass is 32.1. The first-order valence-electron chi connectivity index (χ1n) is 8.71. The number of nitrogens with zero attached hydrogens (tertiary/aromatic N) is 1. The van der Waals surface area contributed by atoms with E-state index in [9.17, 15) is 13.6 Å². The van der Waals surface area contributed by atoms with Crippen LogP contribution in [0.25, 0.3) is 11.3 Å². The van der Waals surface area contributed by atoms with Gasteiger partial charge in [-0.2, -0.15) is 0 Å². The van der Waals surface area contributed by atoms with Crippen molar-refractivity contribution in [2.75, 3.05) is 0 Å². The number of ether oxygens (including phenoxy) is 1. The average Bonchev–Trinajstić information content (AvgIpc) is 3.40. The molecule has 0 radical (unpaired) electrons. The second-order valence-electron chi connectivity index (χ2n) is 6.65. The summed E-state index contributed by atoms with van der Waals surface area (Å²) in [5.74, 6) is -1.51. The lowest BCUT2D eigenvalue weighted by Gasteiger charge is -2.25. The van der Waals surface area contributed by atoms with Gasteiger partial charge in [0.15, 0.2) is 5.76 Å². The fraction of sp³-hybridized carbons (Fsp3) is 0.300. The van der Waals surface area contributed by atoms with Gasteiger partial charge in [0, 0.05) is 17.0 Å². The lowest BCUT2D eigenvalue weighted by atomic mass is 9.84. The summed E-state index contributed by atoms with van der Waals surface area (Å²) in [5, 5.41) is 5.79. The summed E-state index contributed by atoms with van der Waals surface area (Å²) in [6, 6.07) is 8.62. The fourth-order valence-electron chi connectivity index (χ4n) is 3.55. The molecule has 140 valence electrons. The smallest absolute Gasteiger partial charge is 0.317 e. The molecule has 0 N–H and O–H groups in total. The van der Waals surface area contributed by atoms with Gasteiger partial charge in [-0.15, -0.1) is 11.3 Å². The maximum atomic E-state index is 13.9. The maximum Gasteiger partial charge on any atom is 0.317 e. The number of carbonyl (C=O) groups excluding carboxylic acids is 1. The molecular formula is C20H17F2NO3S. The van der Waals surface area contributed by atoms with Crippen LogP contribution in [0.2, 0.25) is 0 Å². The highest BCUT2D eigenvalue weighted by Crippen LogP contribution is 2.44. The molecule has 3 aromatic rings. The van der Waals surface area contributed by atoms with Crippen molar-refractivity contribution in [3.05, 3.63) is 64.0 Å². The Morgan fingerprint density at radius 2 is 2.04 bits per heavy atom. The zero-order valence-corrected chi connectivity index (χ0v) is 15.2. The van der Waals surface area contributed by atoms with Gasteiger partial charge in [0.05, 0.1) is 5.56 Å². The Morgan fingerprint density at radius 3 is 2.74 bits per heavy atom. The van der Waals surface area contributed by atoms with Crippen LogP contribution >= 0.6 is 11.3 Å². The van der Waals surface area contributed by atoms with E-state index in [-0.39, 0.29) is 23.9 Å². The van der Waals surface area contributed by atoms with Crippen LogP contribution in [-0.4, -0.2) is 11.1 Å². The monoisotopic (exact) mass is 389 g/mol. The van der Waals surface area contributed by atoms with E-state index in [0.717, 1.165) is 42.7 Å². The molecule has 2 heterocycles. The molecule has 27 heavy (non-hydrogen) atoms. The molecule has 0 spiro atoms. The molecule has 1 aliphatic carbocycles. The molecule has 0 atom stereocenters. The Balaban J connectivity index is 1.48. The van der Waals surface area contributed by atoms with E-state index in [1.165, 1.54) is 12.1 Å². The third-order valence-corrected chi connectivity index (χ3v) is 6.02. The molecular weight excluding hydrogens is 372 g/mol. The predicted molar refractivity (Wildman–Crippen MR) is 96.1 cm³/mol. The summed E-state index contributed by atoms with van der Waals surface area (Å²) in [6.45, 7) is -0.0573. The standard InChI is InChI=1S/C20H17F2NO3S/c21-13-5-6-15(16(22)10-13)17-11-14(23-26-17)12-25-19(24)20(7-1-2-8-20)18-4-3-9-27-18/h3-6,9-11H,1-2,7-8,12H2. The van der Waals surface area contributed by atoms with Crippen LogP contribution in [0.1, 0.15) is 36.3 Å². The number of rotatable bonds is 5. The van der Waals surface area contributed by atoms with Crippen molar-refractivity contribution in [2.45, 2.75) is 37.7 Å². The lowest BCUT2D eigenvalue weighted by Crippen LogP contribution is -2.33. The summed E-state index contributed by atoms with van der Waals surface area (Å²) < 4.78 is 37.5. The minimum Gasteiger partial charge on any atom is -0.458 e. The molecule has 4 rings (SSSR count). The Kier molecular flexibility index (Phi) is 4.78. The third-order valence-electron chi connectivity index (χ3n) is 4.95. The summed E-state index contributed by atoms with van der Waals surface area (Å²) in [7, 11) is 0. The predicted octanol–water partition coefficient (Wildman–Crippen LogP) is 5.24. The van der Waals surface area contributed by atoms with E-state index in [1.807, 2.05) is 17.5 Å². The first-order valence-corrected chi connectivity index (χ1v) is 9.59. The molecule has 0 aliphatic heterocycles. The van der Waals surface area contributed by atoms with E-state index < -0.39 is 17.0 Å². The van der Waals surface area contributed by atoms with Gasteiger partial charge in [0.25, 0.3) is 0 Å². The normalized spacial score (nSPS) is 15.8. The van der Waals surface area contributed by atoms with Crippen LogP contribution < -0.4 is 0 Å². The number of halogens is 2. The molecule has 0 saturated heterocycles. The van der Waals surface area contributed by atoms with Gasteiger partial charge in [0.2, 0.25) is 0 Å². The van der Waals surface area contributed by atoms with Crippen molar-refractivity contribution >= 4 is 17.3 Å². The molecule has 1 aliphatic rings. The number of benzene rings is 1. The second-order valence-corrected chi connectivity index (χ2v) is 7.60. The summed E-state index contributed by atoms with van der Waals surface area (Å²) in [5.41, 5.74) is -0.0993. The molecule has 0 bridgehead atoms. The van der Waals surface area contributed by atoms with Crippen molar-refractivity contribution in [3.63, 3.8) is 0 Å². The minimum atomic E-state index is -0.739. The van der Waals surface area contributed by atoms with Crippen molar-refractivity contribution < 1.29 is 22.8 Å². The van der Waals surface area contributed by atoms with E-state index in [4.69, 9.17) is 9.26 Å². The molecule has 1 aromatic carbocycles. The Labute approximate surface area is 158 Å². The number of carbonyl (C=O) groups is 1. The second kappa shape index (κ2) is 7.23. The van der Waals surface area contributed by atoms with Crippen molar-refractivity contribution in [3.8, 4) is 11.3 Å². The Hall–Kier alpha value is -2.54. The largest absolute Gasteiger partial charge is 0.458 e. The number of hydrogen-bond acceptors (Lipinski definition) is 5. The average molecular weight is 389 g/mol. The first-order chi connectivity index (χ1) is 13.1. The molecule has 0 amide bonds. The van der Waals surface area contributed by atoms with Crippen molar-refractivity contribution in [2.24, 2.45) is 0 Å². The molecule has 0 unspecified atom stereocenters. The fourth-order valence-corrected chi connectivity index (χ4v) is 4.53. The van der Waals surface area contributed by atoms with Crippen LogP contribution in [0.4, 0.5) is 8.78 Å². The minimum absolute atomic E-state index is 0.0573. The van der Waals surface area contributed by atoms with Gasteiger partial charge in [-0.25, -0.2) is 8.78 Å². The summed E-state index contributed by atoms with van der Waals surface area (Å²) in [6.07, 6.45) is 3.53. The lowest BCUT2D eigenvalue weighted by molar-refractivity contribution is -0.152. The number of aromatic nitrogens is 1. The van der Waals surface area contributed by atoms with Crippen LogP contribution in [0.5, 0.6) is 0 Å². The zero-order chi connectivity index (χ0) is 18.9. The maximum absolute atomic E-state index is 13.9. The number of hydrogen-bond donors (Lipinski definition) is 0. The van der Waals surface area contributed by atoms with E-state index in [1.54, 1.807) is 11.3 Å².